The van der Waals surface area contributed by atoms with Crippen LogP contribution in [0.1, 0.15) is 17.2 Å². The molecule has 2 amide bonds. The van der Waals surface area contributed by atoms with E-state index in [4.69, 9.17) is 4.74 Å². The number of methoxy groups -OCH3 is 1. The molecule has 6 heteroatoms. The van der Waals surface area contributed by atoms with Crippen molar-refractivity contribution in [2.45, 2.75) is 10.9 Å². The van der Waals surface area contributed by atoms with Gasteiger partial charge in [-0.3, -0.25) is 0 Å². The first-order valence-corrected chi connectivity index (χ1v) is 8.52. The minimum absolute atomic E-state index is 0.172. The first kappa shape index (κ1) is 15.1. The molecule has 0 fully saturated rings. The number of amides is 2. The largest absolute Gasteiger partial charge is 0.494 e. The van der Waals surface area contributed by atoms with Crippen molar-refractivity contribution in [2.24, 2.45) is 0 Å². The molecule has 0 bridgehead atoms. The molecule has 1 atom stereocenters. The third-order valence-corrected chi connectivity index (χ3v) is 5.35. The van der Waals surface area contributed by atoms with Crippen LogP contribution in [-0.2, 0) is 0 Å². The summed E-state index contributed by atoms with van der Waals surface area (Å²) in [6, 6.07) is 12.1. The number of ether oxygens (including phenoxy) is 1. The molecule has 24 heavy (non-hydrogen) atoms. The smallest absolute Gasteiger partial charge is 0.320 e. The van der Waals surface area contributed by atoms with Crippen LogP contribution in [0, 0.1) is 5.82 Å². The Morgan fingerprint density at radius 3 is 2.92 bits per heavy atom. The summed E-state index contributed by atoms with van der Waals surface area (Å²) in [6.45, 7) is 0. The Morgan fingerprint density at radius 1 is 1.25 bits per heavy atom. The van der Waals surface area contributed by atoms with Crippen LogP contribution in [-0.4, -0.2) is 18.9 Å². The fourth-order valence-corrected chi connectivity index (χ4v) is 4.21. The van der Waals surface area contributed by atoms with Gasteiger partial charge in [0.25, 0.3) is 0 Å². The molecule has 0 saturated carbocycles. The summed E-state index contributed by atoms with van der Waals surface area (Å²) in [5.74, 6) is 0.509. The summed E-state index contributed by atoms with van der Waals surface area (Å²) in [7, 11) is 1.43. The van der Waals surface area contributed by atoms with E-state index in [9.17, 15) is 9.18 Å². The molecule has 0 saturated heterocycles. The van der Waals surface area contributed by atoms with Crippen LogP contribution in [0.4, 0.5) is 9.18 Å². The lowest BCUT2D eigenvalue weighted by Crippen LogP contribution is -2.44. The van der Waals surface area contributed by atoms with Crippen LogP contribution in [0.2, 0.25) is 0 Å². The van der Waals surface area contributed by atoms with E-state index in [-0.39, 0.29) is 17.8 Å². The van der Waals surface area contributed by atoms with Gasteiger partial charge in [0.15, 0.2) is 11.6 Å². The van der Waals surface area contributed by atoms with Crippen molar-refractivity contribution >= 4 is 23.5 Å². The van der Waals surface area contributed by atoms with E-state index in [1.54, 1.807) is 23.9 Å². The van der Waals surface area contributed by atoms with Gasteiger partial charge in [-0.1, -0.05) is 24.3 Å². The Hall–Kier alpha value is -2.47. The first-order chi connectivity index (χ1) is 11.7. The summed E-state index contributed by atoms with van der Waals surface area (Å²) in [4.78, 5) is 13.3. The quantitative estimate of drug-likeness (QED) is 0.875. The molecule has 2 aromatic rings. The lowest BCUT2D eigenvalue weighted by Gasteiger charge is -2.34. The first-order valence-electron chi connectivity index (χ1n) is 7.53. The second-order valence-corrected chi connectivity index (χ2v) is 6.63. The standard InChI is InChI=1S/C18H15FN2O2S/c1-23-14-8-10(6-7-13(14)19)16-12-9-24-15-5-3-2-4-11(15)17(12)21-18(22)20-16/h2-8,16H,9H2,1H3,(H2,20,21,22). The average molecular weight is 342 g/mol. The number of carbonyl (C=O) groups is 1. The van der Waals surface area contributed by atoms with Crippen molar-refractivity contribution in [1.82, 2.24) is 10.6 Å². The molecule has 0 radical (unpaired) electrons. The van der Waals surface area contributed by atoms with Gasteiger partial charge in [0.2, 0.25) is 0 Å². The maximum Gasteiger partial charge on any atom is 0.320 e. The third-order valence-electron chi connectivity index (χ3n) is 4.23. The van der Waals surface area contributed by atoms with E-state index in [0.29, 0.717) is 0 Å². The summed E-state index contributed by atoms with van der Waals surface area (Å²) in [5.41, 5.74) is 3.75. The monoisotopic (exact) mass is 342 g/mol. The number of thioether (sulfide) groups is 1. The minimum Gasteiger partial charge on any atom is -0.494 e. The van der Waals surface area contributed by atoms with E-state index in [1.165, 1.54) is 13.2 Å². The van der Waals surface area contributed by atoms with Gasteiger partial charge in [0.05, 0.1) is 18.8 Å². The number of nitrogens with one attached hydrogen (secondary N) is 2. The molecule has 2 N–H and O–H groups in total. The minimum atomic E-state index is -0.418. The van der Waals surface area contributed by atoms with Gasteiger partial charge >= 0.3 is 6.03 Å². The van der Waals surface area contributed by atoms with Gasteiger partial charge in [-0.25, -0.2) is 9.18 Å². The summed E-state index contributed by atoms with van der Waals surface area (Å²) >= 11 is 1.73. The SMILES string of the molecule is COc1cc(C2NC(=O)NC3=C2CSc2ccccc23)ccc1F. The fourth-order valence-electron chi connectivity index (χ4n) is 3.08. The Bertz CT molecular complexity index is 866. The normalized spacial score (nSPS) is 19.1. The highest BCUT2D eigenvalue weighted by atomic mass is 32.2. The molecule has 2 aromatic carbocycles. The van der Waals surface area contributed by atoms with Gasteiger partial charge in [-0.15, -0.1) is 11.8 Å². The zero-order chi connectivity index (χ0) is 16.7. The lowest BCUT2D eigenvalue weighted by atomic mass is 9.93. The number of rotatable bonds is 2. The predicted molar refractivity (Wildman–Crippen MR) is 91.4 cm³/mol. The molecular weight excluding hydrogens is 327 g/mol. The number of halogens is 1. The Kier molecular flexibility index (Phi) is 3.69. The molecular formula is C18H15FN2O2S. The number of carbonyl (C=O) groups excluding carboxylic acids is 1. The van der Waals surface area contributed by atoms with Crippen LogP contribution in [0.5, 0.6) is 5.75 Å². The van der Waals surface area contributed by atoms with E-state index >= 15 is 0 Å². The molecule has 0 aliphatic carbocycles. The average Bonchev–Trinajstić information content (AvgIpc) is 2.61. The topological polar surface area (TPSA) is 50.4 Å². The third kappa shape index (κ3) is 2.43. The number of hydrogen-bond donors (Lipinski definition) is 2. The van der Waals surface area contributed by atoms with Crippen molar-refractivity contribution in [2.75, 3.05) is 12.9 Å². The van der Waals surface area contributed by atoms with Crippen molar-refractivity contribution in [3.63, 3.8) is 0 Å². The van der Waals surface area contributed by atoms with E-state index in [2.05, 4.69) is 10.6 Å². The molecule has 2 heterocycles. The van der Waals surface area contributed by atoms with Crippen molar-refractivity contribution in [3.05, 3.63) is 65.0 Å². The van der Waals surface area contributed by atoms with E-state index in [0.717, 1.165) is 33.0 Å². The highest BCUT2D eigenvalue weighted by Gasteiger charge is 2.32. The Morgan fingerprint density at radius 2 is 2.08 bits per heavy atom. The number of benzene rings is 2. The maximum atomic E-state index is 13.7. The molecule has 4 rings (SSSR count). The summed E-state index contributed by atoms with van der Waals surface area (Å²) in [5, 5.41) is 5.86. The van der Waals surface area contributed by atoms with Gasteiger partial charge in [0.1, 0.15) is 0 Å². The molecule has 1 unspecified atom stereocenters. The summed E-state index contributed by atoms with van der Waals surface area (Å²) < 4.78 is 18.8. The van der Waals surface area contributed by atoms with Gasteiger partial charge in [-0.2, -0.15) is 0 Å². The van der Waals surface area contributed by atoms with Crippen LogP contribution in [0.25, 0.3) is 5.70 Å². The Labute approximate surface area is 143 Å². The second kappa shape index (κ2) is 5.87. The predicted octanol–water partition coefficient (Wildman–Crippen LogP) is 3.71. The molecule has 2 aliphatic rings. The van der Waals surface area contributed by atoms with Crippen LogP contribution < -0.4 is 15.4 Å². The molecule has 2 aliphatic heterocycles. The molecule has 122 valence electrons. The molecule has 0 spiro atoms. The number of fused-ring (bicyclic) bond motifs is 2. The van der Waals surface area contributed by atoms with Crippen LogP contribution >= 0.6 is 11.8 Å². The number of hydrogen-bond acceptors (Lipinski definition) is 3. The molecule has 4 nitrogen and oxygen atoms in total. The maximum absolute atomic E-state index is 13.7. The van der Waals surface area contributed by atoms with E-state index < -0.39 is 5.82 Å². The van der Waals surface area contributed by atoms with Crippen LogP contribution in [0.15, 0.2) is 52.9 Å². The van der Waals surface area contributed by atoms with E-state index in [1.807, 2.05) is 24.3 Å². The Balaban J connectivity index is 1.83. The zero-order valence-electron chi connectivity index (χ0n) is 12.9. The fraction of sp³-hybridized carbons (Fsp3) is 0.167. The van der Waals surface area contributed by atoms with Gasteiger partial charge in [0, 0.05) is 16.2 Å². The number of urea groups is 1. The van der Waals surface area contributed by atoms with Crippen molar-refractivity contribution in [3.8, 4) is 5.75 Å². The highest BCUT2D eigenvalue weighted by Crippen LogP contribution is 2.42. The van der Waals surface area contributed by atoms with Gasteiger partial charge < -0.3 is 15.4 Å². The van der Waals surface area contributed by atoms with Crippen molar-refractivity contribution in [1.29, 1.82) is 0 Å². The molecule has 0 aromatic heterocycles. The lowest BCUT2D eigenvalue weighted by molar-refractivity contribution is 0.240. The summed E-state index contributed by atoms with van der Waals surface area (Å²) in [6.07, 6.45) is 0. The van der Waals surface area contributed by atoms with Crippen molar-refractivity contribution < 1.29 is 13.9 Å². The zero-order valence-corrected chi connectivity index (χ0v) is 13.7. The van der Waals surface area contributed by atoms with Gasteiger partial charge in [-0.05, 0) is 29.3 Å². The highest BCUT2D eigenvalue weighted by molar-refractivity contribution is 7.99. The van der Waals surface area contributed by atoms with Crippen LogP contribution in [0.3, 0.4) is 0 Å². The second-order valence-electron chi connectivity index (χ2n) is 5.61.